The van der Waals surface area contributed by atoms with E-state index < -0.39 is 0 Å². The Hall–Kier alpha value is -0.340. The molecule has 2 heteroatoms. The summed E-state index contributed by atoms with van der Waals surface area (Å²) in [6.45, 7) is 6.37. The Morgan fingerprint density at radius 3 is 2.75 bits per heavy atom. The lowest BCUT2D eigenvalue weighted by Crippen LogP contribution is -2.25. The quantitative estimate of drug-likeness (QED) is 0.526. The van der Waals surface area contributed by atoms with Gasteiger partial charge in [0.25, 0.3) is 0 Å². The van der Waals surface area contributed by atoms with Gasteiger partial charge in [-0.3, -0.25) is 0 Å². The van der Waals surface area contributed by atoms with Crippen molar-refractivity contribution in [3.05, 3.63) is 11.6 Å². The van der Waals surface area contributed by atoms with Gasteiger partial charge in [-0.05, 0) is 77.7 Å². The maximum absolute atomic E-state index is 3.57. The zero-order valence-corrected chi connectivity index (χ0v) is 10.5. The van der Waals surface area contributed by atoms with Gasteiger partial charge in [0.05, 0.1) is 0 Å². The van der Waals surface area contributed by atoms with Crippen LogP contribution in [0.2, 0.25) is 0 Å². The van der Waals surface area contributed by atoms with Crippen LogP contribution in [0.25, 0.3) is 0 Å². The largest absolute Gasteiger partial charge is 0.316 e. The molecule has 1 heterocycles. The Balaban J connectivity index is 1.40. The summed E-state index contributed by atoms with van der Waals surface area (Å²) in [5.74, 6) is 0. The normalized spacial score (nSPS) is 21.6. The third-order valence-electron chi connectivity index (χ3n) is 3.78. The van der Waals surface area contributed by atoms with E-state index in [4.69, 9.17) is 0 Å². The van der Waals surface area contributed by atoms with Gasteiger partial charge < -0.3 is 10.2 Å². The first-order valence-corrected chi connectivity index (χ1v) is 7.06. The van der Waals surface area contributed by atoms with E-state index in [1.54, 1.807) is 5.57 Å². The summed E-state index contributed by atoms with van der Waals surface area (Å²) >= 11 is 0. The SMILES string of the molecule is C1=C(CCNCCCN2CCCC2)CCC1. The Morgan fingerprint density at radius 2 is 2.00 bits per heavy atom. The zero-order chi connectivity index (χ0) is 11.1. The minimum Gasteiger partial charge on any atom is -0.316 e. The maximum atomic E-state index is 3.57. The molecule has 0 aromatic rings. The predicted octanol–water partition coefficient (Wildman–Crippen LogP) is 2.56. The number of nitrogens with zero attached hydrogens (tertiary/aromatic N) is 1. The number of likely N-dealkylation sites (tertiary alicyclic amines) is 1. The van der Waals surface area contributed by atoms with E-state index in [1.165, 1.54) is 77.7 Å². The topological polar surface area (TPSA) is 15.3 Å². The third-order valence-corrected chi connectivity index (χ3v) is 3.78. The van der Waals surface area contributed by atoms with E-state index in [9.17, 15) is 0 Å². The Morgan fingerprint density at radius 1 is 1.12 bits per heavy atom. The Labute approximate surface area is 100 Å². The van der Waals surface area contributed by atoms with Crippen molar-refractivity contribution in [3.8, 4) is 0 Å². The molecule has 1 aliphatic heterocycles. The highest BCUT2D eigenvalue weighted by Crippen LogP contribution is 2.19. The molecule has 2 nitrogen and oxygen atoms in total. The number of hydrogen-bond acceptors (Lipinski definition) is 2. The lowest BCUT2D eigenvalue weighted by molar-refractivity contribution is 0.331. The first kappa shape index (κ1) is 12.1. The van der Waals surface area contributed by atoms with Gasteiger partial charge in [-0.1, -0.05) is 11.6 Å². The van der Waals surface area contributed by atoms with Crippen molar-refractivity contribution in [1.29, 1.82) is 0 Å². The molecule has 0 aromatic heterocycles. The fourth-order valence-corrected chi connectivity index (χ4v) is 2.77. The van der Waals surface area contributed by atoms with Crippen LogP contribution in [0, 0.1) is 0 Å². The van der Waals surface area contributed by atoms with E-state index in [-0.39, 0.29) is 0 Å². The minimum atomic E-state index is 1.19. The molecule has 1 aliphatic carbocycles. The molecule has 0 spiro atoms. The molecular formula is C14H26N2. The molecule has 0 atom stereocenters. The van der Waals surface area contributed by atoms with Crippen LogP contribution in [0.4, 0.5) is 0 Å². The molecular weight excluding hydrogens is 196 g/mol. The van der Waals surface area contributed by atoms with Crippen molar-refractivity contribution in [1.82, 2.24) is 10.2 Å². The monoisotopic (exact) mass is 222 g/mol. The summed E-state index contributed by atoms with van der Waals surface area (Å²) in [6.07, 6.45) is 11.9. The molecule has 2 aliphatic rings. The second-order valence-corrected chi connectivity index (χ2v) is 5.16. The average molecular weight is 222 g/mol. The van der Waals surface area contributed by atoms with Crippen LogP contribution in [0.1, 0.15) is 44.9 Å². The highest BCUT2D eigenvalue weighted by atomic mass is 15.1. The van der Waals surface area contributed by atoms with Crippen molar-refractivity contribution in [2.45, 2.75) is 44.9 Å². The van der Waals surface area contributed by atoms with Crippen LogP contribution in [0.5, 0.6) is 0 Å². The third kappa shape index (κ3) is 4.26. The standard InChI is InChI=1S/C14H26N2/c1-2-7-14(6-1)8-10-15-9-5-13-16-11-3-4-12-16/h6,15H,1-5,7-13H2. The van der Waals surface area contributed by atoms with Gasteiger partial charge >= 0.3 is 0 Å². The Kier molecular flexibility index (Phi) is 5.36. The van der Waals surface area contributed by atoms with Crippen LogP contribution >= 0.6 is 0 Å². The Bertz CT molecular complexity index is 217. The highest BCUT2D eigenvalue weighted by molar-refractivity contribution is 5.07. The summed E-state index contributed by atoms with van der Waals surface area (Å²) in [5.41, 5.74) is 1.69. The summed E-state index contributed by atoms with van der Waals surface area (Å²) in [5, 5.41) is 3.57. The molecule has 1 fully saturated rings. The second-order valence-electron chi connectivity index (χ2n) is 5.16. The average Bonchev–Trinajstić information content (AvgIpc) is 2.96. The molecule has 0 unspecified atom stereocenters. The first-order valence-electron chi connectivity index (χ1n) is 7.06. The molecule has 92 valence electrons. The van der Waals surface area contributed by atoms with Gasteiger partial charge in [0.15, 0.2) is 0 Å². The van der Waals surface area contributed by atoms with Crippen LogP contribution in [0.15, 0.2) is 11.6 Å². The maximum Gasteiger partial charge on any atom is -0.000664 e. The number of hydrogen-bond donors (Lipinski definition) is 1. The molecule has 0 aromatic carbocycles. The summed E-state index contributed by atoms with van der Waals surface area (Å²) in [6, 6.07) is 0. The molecule has 0 amide bonds. The van der Waals surface area contributed by atoms with Gasteiger partial charge in [-0.15, -0.1) is 0 Å². The second kappa shape index (κ2) is 7.08. The van der Waals surface area contributed by atoms with E-state index in [2.05, 4.69) is 16.3 Å². The molecule has 16 heavy (non-hydrogen) atoms. The molecule has 1 saturated heterocycles. The predicted molar refractivity (Wildman–Crippen MR) is 69.7 cm³/mol. The van der Waals surface area contributed by atoms with E-state index in [0.29, 0.717) is 0 Å². The zero-order valence-electron chi connectivity index (χ0n) is 10.5. The first-order chi connectivity index (χ1) is 7.95. The van der Waals surface area contributed by atoms with Crippen molar-refractivity contribution >= 4 is 0 Å². The van der Waals surface area contributed by atoms with E-state index in [1.807, 2.05) is 0 Å². The smallest absolute Gasteiger partial charge is 0.000664 e. The van der Waals surface area contributed by atoms with Crippen molar-refractivity contribution in [3.63, 3.8) is 0 Å². The molecule has 0 bridgehead atoms. The number of rotatable bonds is 7. The summed E-state index contributed by atoms with van der Waals surface area (Å²) < 4.78 is 0. The van der Waals surface area contributed by atoms with Crippen LogP contribution in [0.3, 0.4) is 0 Å². The van der Waals surface area contributed by atoms with Crippen LogP contribution in [-0.2, 0) is 0 Å². The molecule has 0 radical (unpaired) electrons. The van der Waals surface area contributed by atoms with Crippen LogP contribution < -0.4 is 5.32 Å². The van der Waals surface area contributed by atoms with Gasteiger partial charge in [-0.25, -0.2) is 0 Å². The minimum absolute atomic E-state index is 1.19. The lowest BCUT2D eigenvalue weighted by atomic mass is 10.2. The van der Waals surface area contributed by atoms with Gasteiger partial charge in [0, 0.05) is 0 Å². The van der Waals surface area contributed by atoms with Crippen molar-refractivity contribution < 1.29 is 0 Å². The molecule has 0 saturated carbocycles. The van der Waals surface area contributed by atoms with Gasteiger partial charge in [-0.2, -0.15) is 0 Å². The van der Waals surface area contributed by atoms with Crippen LogP contribution in [-0.4, -0.2) is 37.6 Å². The number of nitrogens with one attached hydrogen (secondary N) is 1. The molecule has 1 N–H and O–H groups in total. The van der Waals surface area contributed by atoms with E-state index >= 15 is 0 Å². The lowest BCUT2D eigenvalue weighted by Gasteiger charge is -2.14. The summed E-state index contributed by atoms with van der Waals surface area (Å²) in [7, 11) is 0. The van der Waals surface area contributed by atoms with E-state index in [0.717, 1.165) is 0 Å². The summed E-state index contributed by atoms with van der Waals surface area (Å²) in [4.78, 5) is 2.60. The fraction of sp³-hybridized carbons (Fsp3) is 0.857. The van der Waals surface area contributed by atoms with Crippen molar-refractivity contribution in [2.75, 3.05) is 32.7 Å². The van der Waals surface area contributed by atoms with Crippen molar-refractivity contribution in [2.24, 2.45) is 0 Å². The number of allylic oxidation sites excluding steroid dienone is 1. The van der Waals surface area contributed by atoms with Gasteiger partial charge in [0.1, 0.15) is 0 Å². The fourth-order valence-electron chi connectivity index (χ4n) is 2.77. The molecule has 2 rings (SSSR count). The van der Waals surface area contributed by atoms with Gasteiger partial charge in [0.2, 0.25) is 0 Å². The highest BCUT2D eigenvalue weighted by Gasteiger charge is 2.09.